The number of carbonyl (C=O) groups is 1. The predicted molar refractivity (Wildman–Crippen MR) is 51.2 cm³/mol. The first-order valence-electron chi connectivity index (χ1n) is 5.54. The fourth-order valence-electron chi connectivity index (χ4n) is 3.39. The second-order valence-electron chi connectivity index (χ2n) is 4.81. The van der Waals surface area contributed by atoms with Gasteiger partial charge in [-0.3, -0.25) is 4.79 Å². The van der Waals surface area contributed by atoms with E-state index in [2.05, 4.69) is 0 Å². The SMILES string of the molecule is O=C1N2CCC3OCC[C@H](C32O)[C@@]1(O)CO. The van der Waals surface area contributed by atoms with Crippen LogP contribution >= 0.6 is 0 Å². The number of aliphatic hydroxyl groups excluding tert-OH is 1. The molecule has 0 aromatic carbocycles. The Hall–Kier alpha value is -0.690. The zero-order chi connectivity index (χ0) is 11.6. The van der Waals surface area contributed by atoms with Crippen molar-refractivity contribution < 1.29 is 24.9 Å². The van der Waals surface area contributed by atoms with Crippen LogP contribution in [0.3, 0.4) is 0 Å². The van der Waals surface area contributed by atoms with Gasteiger partial charge in [0.2, 0.25) is 0 Å². The van der Waals surface area contributed by atoms with Gasteiger partial charge in [0.05, 0.1) is 12.5 Å². The molecule has 0 bridgehead atoms. The molecule has 3 rings (SSSR count). The Bertz CT molecular complexity index is 348. The molecule has 3 fully saturated rings. The summed E-state index contributed by atoms with van der Waals surface area (Å²) in [6.07, 6.45) is 0.530. The van der Waals surface area contributed by atoms with E-state index in [0.717, 1.165) is 0 Å². The van der Waals surface area contributed by atoms with Gasteiger partial charge in [0, 0.05) is 13.2 Å². The summed E-state index contributed by atoms with van der Waals surface area (Å²) in [6.45, 7) is 0.127. The molecule has 3 N–H and O–H groups in total. The molecule has 1 amide bonds. The van der Waals surface area contributed by atoms with Gasteiger partial charge in [0.15, 0.2) is 11.3 Å². The fourth-order valence-corrected chi connectivity index (χ4v) is 3.39. The third-order valence-corrected chi connectivity index (χ3v) is 4.19. The van der Waals surface area contributed by atoms with Crippen molar-refractivity contribution in [2.75, 3.05) is 19.8 Å². The van der Waals surface area contributed by atoms with Gasteiger partial charge < -0.3 is 25.0 Å². The molecule has 3 aliphatic rings. The number of carbonyl (C=O) groups excluding carboxylic acids is 1. The smallest absolute Gasteiger partial charge is 0.259 e. The van der Waals surface area contributed by atoms with E-state index in [1.165, 1.54) is 4.90 Å². The van der Waals surface area contributed by atoms with Crippen LogP contribution in [0.1, 0.15) is 12.8 Å². The molecule has 90 valence electrons. The van der Waals surface area contributed by atoms with E-state index in [9.17, 15) is 20.1 Å². The molecule has 16 heavy (non-hydrogen) atoms. The monoisotopic (exact) mass is 229 g/mol. The van der Waals surface area contributed by atoms with Crippen molar-refractivity contribution in [2.45, 2.75) is 30.3 Å². The van der Waals surface area contributed by atoms with Crippen LogP contribution in [-0.4, -0.2) is 63.3 Å². The molecular formula is C10H15NO5. The first-order valence-corrected chi connectivity index (χ1v) is 5.54. The Labute approximate surface area is 92.4 Å². The first-order chi connectivity index (χ1) is 7.55. The predicted octanol–water partition coefficient (Wildman–Crippen LogP) is -1.95. The third-order valence-electron chi connectivity index (χ3n) is 4.19. The van der Waals surface area contributed by atoms with Gasteiger partial charge in [-0.25, -0.2) is 0 Å². The first kappa shape index (κ1) is 10.5. The van der Waals surface area contributed by atoms with Gasteiger partial charge in [-0.1, -0.05) is 0 Å². The van der Waals surface area contributed by atoms with Crippen LogP contribution in [0.2, 0.25) is 0 Å². The number of ether oxygens (including phenoxy) is 1. The van der Waals surface area contributed by atoms with Crippen LogP contribution in [0.4, 0.5) is 0 Å². The summed E-state index contributed by atoms with van der Waals surface area (Å²) in [6, 6.07) is 0. The van der Waals surface area contributed by atoms with Crippen LogP contribution in [0, 0.1) is 5.92 Å². The van der Waals surface area contributed by atoms with Gasteiger partial charge in [-0.2, -0.15) is 0 Å². The maximum Gasteiger partial charge on any atom is 0.259 e. The van der Waals surface area contributed by atoms with Crippen LogP contribution in [0.15, 0.2) is 0 Å². The highest BCUT2D eigenvalue weighted by Gasteiger charge is 2.71. The summed E-state index contributed by atoms with van der Waals surface area (Å²) in [5.41, 5.74) is -3.26. The van der Waals surface area contributed by atoms with Crippen molar-refractivity contribution in [3.05, 3.63) is 0 Å². The van der Waals surface area contributed by atoms with Gasteiger partial charge in [0.1, 0.15) is 6.10 Å². The molecular weight excluding hydrogens is 214 g/mol. The topological polar surface area (TPSA) is 90.2 Å². The number of amides is 1. The lowest BCUT2D eigenvalue weighted by molar-refractivity contribution is -0.215. The Morgan fingerprint density at radius 2 is 2.19 bits per heavy atom. The molecule has 6 heteroatoms. The highest BCUT2D eigenvalue weighted by Crippen LogP contribution is 2.51. The highest BCUT2D eigenvalue weighted by atomic mass is 16.5. The minimum absolute atomic E-state index is 0.374. The van der Waals surface area contributed by atoms with Crippen molar-refractivity contribution in [1.82, 2.24) is 4.90 Å². The van der Waals surface area contributed by atoms with Crippen molar-refractivity contribution >= 4 is 5.91 Å². The van der Waals surface area contributed by atoms with Crippen LogP contribution in [0.25, 0.3) is 0 Å². The quantitative estimate of drug-likeness (QED) is 0.486. The van der Waals surface area contributed by atoms with Crippen LogP contribution in [0.5, 0.6) is 0 Å². The molecule has 0 aromatic rings. The number of rotatable bonds is 1. The Morgan fingerprint density at radius 1 is 1.44 bits per heavy atom. The van der Waals surface area contributed by atoms with E-state index in [-0.39, 0.29) is 0 Å². The molecule has 2 unspecified atom stereocenters. The number of aliphatic hydroxyl groups is 3. The van der Waals surface area contributed by atoms with E-state index in [1.807, 2.05) is 0 Å². The van der Waals surface area contributed by atoms with Crippen LogP contribution < -0.4 is 0 Å². The molecule has 4 atom stereocenters. The largest absolute Gasteiger partial charge is 0.393 e. The fraction of sp³-hybridized carbons (Fsp3) is 0.900. The molecule has 0 spiro atoms. The summed E-state index contributed by atoms with van der Waals surface area (Å²) in [5.74, 6) is -1.23. The van der Waals surface area contributed by atoms with Gasteiger partial charge in [-0.15, -0.1) is 0 Å². The third kappa shape index (κ3) is 0.901. The lowest BCUT2D eigenvalue weighted by Crippen LogP contribution is -2.57. The lowest BCUT2D eigenvalue weighted by Gasteiger charge is -2.41. The molecule has 0 aliphatic carbocycles. The van der Waals surface area contributed by atoms with E-state index in [4.69, 9.17) is 4.74 Å². The highest BCUT2D eigenvalue weighted by molar-refractivity contribution is 5.89. The Morgan fingerprint density at radius 3 is 2.88 bits per heavy atom. The number of nitrogens with zero attached hydrogens (tertiary/aromatic N) is 1. The number of hydrogen-bond donors (Lipinski definition) is 3. The van der Waals surface area contributed by atoms with Gasteiger partial charge in [-0.05, 0) is 12.8 Å². The summed E-state index contributed by atoms with van der Waals surface area (Å²) >= 11 is 0. The van der Waals surface area contributed by atoms with Gasteiger partial charge >= 0.3 is 0 Å². The normalized spacial score (nSPS) is 50.9. The van der Waals surface area contributed by atoms with E-state index < -0.39 is 35.9 Å². The van der Waals surface area contributed by atoms with E-state index in [0.29, 0.717) is 26.0 Å². The molecule has 3 heterocycles. The van der Waals surface area contributed by atoms with Gasteiger partial charge in [0.25, 0.3) is 5.91 Å². The molecule has 6 nitrogen and oxygen atoms in total. The summed E-state index contributed by atoms with van der Waals surface area (Å²) in [4.78, 5) is 13.2. The molecule has 0 saturated carbocycles. The van der Waals surface area contributed by atoms with Crippen molar-refractivity contribution in [3.63, 3.8) is 0 Å². The Balaban J connectivity index is 2.10. The average molecular weight is 229 g/mol. The zero-order valence-electron chi connectivity index (χ0n) is 8.80. The van der Waals surface area contributed by atoms with E-state index >= 15 is 0 Å². The standard InChI is InChI=1S/C10H15NO5/c12-5-9(14)6-2-4-16-7-1-3-11(8(9)13)10(6,7)15/h6-7,12,14-15H,1-5H2/t6-,7?,9-,10?/m0/s1. The minimum Gasteiger partial charge on any atom is -0.393 e. The maximum atomic E-state index is 12.0. The maximum absolute atomic E-state index is 12.0. The summed E-state index contributed by atoms with van der Waals surface area (Å²) < 4.78 is 5.44. The molecule has 0 aromatic heterocycles. The van der Waals surface area contributed by atoms with E-state index in [1.54, 1.807) is 0 Å². The molecule has 0 radical (unpaired) electrons. The second-order valence-corrected chi connectivity index (χ2v) is 4.81. The number of hydrogen-bond acceptors (Lipinski definition) is 5. The second kappa shape index (κ2) is 2.95. The molecule has 3 saturated heterocycles. The van der Waals surface area contributed by atoms with Crippen molar-refractivity contribution in [2.24, 2.45) is 5.92 Å². The van der Waals surface area contributed by atoms with Crippen molar-refractivity contribution in [3.8, 4) is 0 Å². The van der Waals surface area contributed by atoms with Crippen LogP contribution in [-0.2, 0) is 9.53 Å². The average Bonchev–Trinajstić information content (AvgIpc) is 2.70. The zero-order valence-corrected chi connectivity index (χ0v) is 8.80. The summed E-state index contributed by atoms with van der Waals surface area (Å²) in [5, 5.41) is 30.0. The minimum atomic E-state index is -1.84. The van der Waals surface area contributed by atoms with Crippen molar-refractivity contribution in [1.29, 1.82) is 0 Å². The molecule has 3 aliphatic heterocycles. The lowest BCUT2D eigenvalue weighted by atomic mass is 9.78. The Kier molecular flexibility index (Phi) is 1.93. The summed E-state index contributed by atoms with van der Waals surface area (Å²) in [7, 11) is 0.